The van der Waals surface area contributed by atoms with E-state index in [1.54, 1.807) is 42.6 Å². The van der Waals surface area contributed by atoms with Crippen molar-refractivity contribution < 1.29 is 9.84 Å². The van der Waals surface area contributed by atoms with E-state index in [0.717, 1.165) is 5.56 Å². The van der Waals surface area contributed by atoms with Gasteiger partial charge in [0, 0.05) is 17.8 Å². The Labute approximate surface area is 98.3 Å². The Morgan fingerprint density at radius 1 is 1.12 bits per heavy atom. The first-order valence-corrected chi connectivity index (χ1v) is 5.09. The maximum Gasteiger partial charge on any atom is 0.220 e. The van der Waals surface area contributed by atoms with E-state index < -0.39 is 0 Å². The van der Waals surface area contributed by atoms with Gasteiger partial charge >= 0.3 is 0 Å². The lowest BCUT2D eigenvalue weighted by molar-refractivity contribution is 0.475. The van der Waals surface area contributed by atoms with Crippen LogP contribution in [0.15, 0.2) is 48.7 Å². The first-order chi connectivity index (χ1) is 7.75. The molecule has 2 rings (SSSR count). The van der Waals surface area contributed by atoms with E-state index in [2.05, 4.69) is 4.98 Å². The van der Waals surface area contributed by atoms with Crippen LogP contribution in [0.1, 0.15) is 5.56 Å². The monoisotopic (exact) mass is 231 g/mol. The average Bonchev–Trinajstić information content (AvgIpc) is 2.31. The maximum absolute atomic E-state index is 9.13. The molecule has 4 heteroatoms. The van der Waals surface area contributed by atoms with E-state index >= 15 is 0 Å². The normalized spacial score (nSPS) is 9.75. The third-order valence-electron chi connectivity index (χ3n) is 1.94. The summed E-state index contributed by atoms with van der Waals surface area (Å²) in [6.07, 6.45) is 1.63. The molecule has 1 heterocycles. The number of benzene rings is 1. The van der Waals surface area contributed by atoms with E-state index in [4.69, 9.17) is 22.1 Å². The second kappa shape index (κ2) is 4.72. The molecular weight excluding hydrogens is 222 g/mol. The number of rotatable bonds is 2. The highest BCUT2D eigenvalue weighted by molar-refractivity contribution is 7.80. The number of pyridine rings is 1. The third kappa shape index (κ3) is 2.55. The van der Waals surface area contributed by atoms with Crippen LogP contribution in [0.4, 0.5) is 0 Å². The Hall–Kier alpha value is -1.94. The molecule has 3 nitrogen and oxygen atoms in total. The number of phenolic OH excluding ortho intramolecular Hbond substituents is 1. The largest absolute Gasteiger partial charge is 0.508 e. The molecule has 0 aliphatic heterocycles. The zero-order chi connectivity index (χ0) is 11.4. The fraction of sp³-hybridized carbons (Fsp3) is 0. The van der Waals surface area contributed by atoms with Crippen LogP contribution in [0.5, 0.6) is 11.6 Å². The van der Waals surface area contributed by atoms with Crippen molar-refractivity contribution in [1.82, 2.24) is 4.98 Å². The molecule has 2 aromatic rings. The van der Waals surface area contributed by atoms with Crippen molar-refractivity contribution in [2.24, 2.45) is 0 Å². The van der Waals surface area contributed by atoms with Gasteiger partial charge in [-0.25, -0.2) is 4.98 Å². The summed E-state index contributed by atoms with van der Waals surface area (Å²) in [6.45, 7) is 0. The lowest BCUT2D eigenvalue weighted by atomic mass is 10.2. The highest BCUT2D eigenvalue weighted by Gasteiger charge is 2.04. The van der Waals surface area contributed by atoms with Crippen LogP contribution in [0.3, 0.4) is 0 Å². The van der Waals surface area contributed by atoms with Crippen molar-refractivity contribution in [3.8, 4) is 11.6 Å². The summed E-state index contributed by atoms with van der Waals surface area (Å²) in [4.78, 5) is 4.00. The molecule has 80 valence electrons. The smallest absolute Gasteiger partial charge is 0.220 e. The second-order valence-corrected chi connectivity index (χ2v) is 3.48. The van der Waals surface area contributed by atoms with Crippen molar-refractivity contribution in [3.05, 3.63) is 54.2 Å². The molecule has 0 unspecified atom stereocenters. The Morgan fingerprint density at radius 2 is 1.88 bits per heavy atom. The van der Waals surface area contributed by atoms with Gasteiger partial charge in [0.25, 0.3) is 0 Å². The number of nitrogens with zero attached hydrogens (tertiary/aromatic N) is 1. The van der Waals surface area contributed by atoms with Gasteiger partial charge in [-0.3, -0.25) is 0 Å². The summed E-state index contributed by atoms with van der Waals surface area (Å²) in [5, 5.41) is 9.46. The SMILES string of the molecule is Oc1ccc(C(=S)Oc2ccccn2)cc1. The Balaban J connectivity index is 2.12. The van der Waals surface area contributed by atoms with Crippen molar-refractivity contribution in [1.29, 1.82) is 0 Å². The Bertz CT molecular complexity index is 482. The van der Waals surface area contributed by atoms with Crippen molar-refractivity contribution in [3.63, 3.8) is 0 Å². The van der Waals surface area contributed by atoms with Gasteiger partial charge in [-0.05, 0) is 42.5 Å². The summed E-state index contributed by atoms with van der Waals surface area (Å²) in [7, 11) is 0. The zero-order valence-corrected chi connectivity index (χ0v) is 9.15. The lowest BCUT2D eigenvalue weighted by Gasteiger charge is -2.05. The van der Waals surface area contributed by atoms with Gasteiger partial charge in [0.15, 0.2) is 5.05 Å². The van der Waals surface area contributed by atoms with Gasteiger partial charge in [0.2, 0.25) is 5.88 Å². The highest BCUT2D eigenvalue weighted by Crippen LogP contribution is 2.13. The molecular formula is C12H9NO2S. The summed E-state index contributed by atoms with van der Waals surface area (Å²) in [5.41, 5.74) is 0.735. The number of hydrogen-bond acceptors (Lipinski definition) is 4. The molecule has 0 saturated carbocycles. The quantitative estimate of drug-likeness (QED) is 0.806. The van der Waals surface area contributed by atoms with Gasteiger partial charge in [0.05, 0.1) is 0 Å². The minimum absolute atomic E-state index is 0.199. The highest BCUT2D eigenvalue weighted by atomic mass is 32.1. The fourth-order valence-corrected chi connectivity index (χ4v) is 1.38. The van der Waals surface area contributed by atoms with Crippen molar-refractivity contribution in [2.75, 3.05) is 0 Å². The van der Waals surface area contributed by atoms with Gasteiger partial charge in [-0.1, -0.05) is 6.07 Å². The number of phenols is 1. The van der Waals surface area contributed by atoms with E-state index in [9.17, 15) is 0 Å². The summed E-state index contributed by atoms with van der Waals surface area (Å²) in [6, 6.07) is 11.9. The molecule has 0 amide bonds. The molecule has 0 spiro atoms. The van der Waals surface area contributed by atoms with E-state index in [1.807, 2.05) is 6.07 Å². The molecule has 16 heavy (non-hydrogen) atoms. The number of thiocarbonyl (C=S) groups is 1. The lowest BCUT2D eigenvalue weighted by Crippen LogP contribution is -2.07. The molecule has 1 N–H and O–H groups in total. The van der Waals surface area contributed by atoms with E-state index in [0.29, 0.717) is 10.9 Å². The van der Waals surface area contributed by atoms with Gasteiger partial charge in [-0.15, -0.1) is 0 Å². The number of aromatic hydroxyl groups is 1. The number of hydrogen-bond donors (Lipinski definition) is 1. The fourth-order valence-electron chi connectivity index (χ4n) is 1.16. The molecule has 0 saturated heterocycles. The first-order valence-electron chi connectivity index (χ1n) is 4.68. The van der Waals surface area contributed by atoms with Crippen LogP contribution in [-0.4, -0.2) is 15.1 Å². The predicted molar refractivity (Wildman–Crippen MR) is 64.7 cm³/mol. The number of ether oxygens (including phenoxy) is 1. The minimum atomic E-state index is 0.199. The summed E-state index contributed by atoms with van der Waals surface area (Å²) < 4.78 is 5.38. The van der Waals surface area contributed by atoms with E-state index in [-0.39, 0.29) is 5.75 Å². The summed E-state index contributed by atoms with van der Waals surface area (Å²) >= 11 is 5.10. The Kier molecular flexibility index (Phi) is 3.12. The van der Waals surface area contributed by atoms with Crippen LogP contribution >= 0.6 is 12.2 Å². The number of aromatic nitrogens is 1. The maximum atomic E-state index is 9.13. The van der Waals surface area contributed by atoms with E-state index in [1.165, 1.54) is 0 Å². The van der Waals surface area contributed by atoms with Gasteiger partial charge < -0.3 is 9.84 Å². The van der Waals surface area contributed by atoms with Crippen LogP contribution in [-0.2, 0) is 0 Å². The molecule has 0 aliphatic carbocycles. The molecule has 1 aromatic carbocycles. The summed E-state index contributed by atoms with van der Waals surface area (Å²) in [5.74, 6) is 0.657. The molecule has 0 atom stereocenters. The molecule has 1 aromatic heterocycles. The third-order valence-corrected chi connectivity index (χ3v) is 2.26. The minimum Gasteiger partial charge on any atom is -0.508 e. The zero-order valence-electron chi connectivity index (χ0n) is 8.33. The molecule has 0 radical (unpaired) electrons. The average molecular weight is 231 g/mol. The topological polar surface area (TPSA) is 42.4 Å². The standard InChI is InChI=1S/C12H9NO2S/c14-10-6-4-9(5-7-10)12(16)15-11-3-1-2-8-13-11/h1-8,14H. The molecule has 0 fully saturated rings. The molecule has 0 aliphatic rings. The Morgan fingerprint density at radius 3 is 2.50 bits per heavy atom. The van der Waals surface area contributed by atoms with Crippen LogP contribution in [0.2, 0.25) is 0 Å². The first kappa shape index (κ1) is 10.6. The van der Waals surface area contributed by atoms with Gasteiger partial charge in [-0.2, -0.15) is 0 Å². The van der Waals surface area contributed by atoms with Crippen molar-refractivity contribution >= 4 is 17.3 Å². The van der Waals surface area contributed by atoms with Crippen LogP contribution in [0.25, 0.3) is 0 Å². The van der Waals surface area contributed by atoms with Crippen LogP contribution < -0.4 is 4.74 Å². The van der Waals surface area contributed by atoms with Crippen molar-refractivity contribution in [2.45, 2.75) is 0 Å². The molecule has 0 bridgehead atoms. The van der Waals surface area contributed by atoms with Gasteiger partial charge in [0.1, 0.15) is 5.75 Å². The predicted octanol–water partition coefficient (Wildman–Crippen LogP) is 2.54. The second-order valence-electron chi connectivity index (χ2n) is 3.10. The van der Waals surface area contributed by atoms with Crippen LogP contribution in [0, 0.1) is 0 Å².